The Labute approximate surface area is 91.2 Å². The first-order chi connectivity index (χ1) is 7.34. The first-order valence-electron chi connectivity index (χ1n) is 6.12. The quantitative estimate of drug-likeness (QED) is 0.638. The highest BCUT2D eigenvalue weighted by molar-refractivity contribution is 5.74. The number of rotatable bonds is 2. The highest BCUT2D eigenvalue weighted by Crippen LogP contribution is 2.17. The third-order valence-corrected chi connectivity index (χ3v) is 3.36. The van der Waals surface area contributed by atoms with Gasteiger partial charge in [0.2, 0.25) is 0 Å². The molecule has 0 aromatic carbocycles. The van der Waals surface area contributed by atoms with Gasteiger partial charge in [-0.3, -0.25) is 0 Å². The van der Waals surface area contributed by atoms with Crippen molar-refractivity contribution in [2.45, 2.75) is 50.6 Å². The molecule has 1 saturated heterocycles. The van der Waals surface area contributed by atoms with Crippen molar-refractivity contribution in [1.82, 2.24) is 16.0 Å². The summed E-state index contributed by atoms with van der Waals surface area (Å²) in [6, 6.07) is 0.827. The van der Waals surface area contributed by atoms with Crippen molar-refractivity contribution >= 4 is 6.03 Å². The molecule has 4 nitrogen and oxygen atoms in total. The summed E-state index contributed by atoms with van der Waals surface area (Å²) in [5.41, 5.74) is 0. The van der Waals surface area contributed by atoms with E-state index in [1.807, 2.05) is 0 Å². The summed E-state index contributed by atoms with van der Waals surface area (Å²) in [6.07, 6.45) is 6.94. The Kier molecular flexibility index (Phi) is 3.83. The van der Waals surface area contributed by atoms with Crippen LogP contribution < -0.4 is 16.0 Å². The van der Waals surface area contributed by atoms with Crippen molar-refractivity contribution in [3.8, 4) is 0 Å². The smallest absolute Gasteiger partial charge is 0.315 e. The van der Waals surface area contributed by atoms with E-state index in [1.54, 1.807) is 0 Å². The second-order valence-electron chi connectivity index (χ2n) is 4.62. The van der Waals surface area contributed by atoms with Crippen LogP contribution in [0.15, 0.2) is 0 Å². The number of amides is 2. The van der Waals surface area contributed by atoms with E-state index in [1.165, 1.54) is 12.8 Å². The van der Waals surface area contributed by atoms with E-state index in [9.17, 15) is 4.79 Å². The van der Waals surface area contributed by atoms with Crippen molar-refractivity contribution in [1.29, 1.82) is 0 Å². The molecule has 1 heterocycles. The van der Waals surface area contributed by atoms with Crippen molar-refractivity contribution in [3.63, 3.8) is 0 Å². The van der Waals surface area contributed by atoms with Crippen LogP contribution in [0, 0.1) is 0 Å². The van der Waals surface area contributed by atoms with E-state index in [2.05, 4.69) is 16.0 Å². The number of hydrogen-bond acceptors (Lipinski definition) is 2. The minimum Gasteiger partial charge on any atom is -0.335 e. The lowest BCUT2D eigenvalue weighted by molar-refractivity contribution is 0.229. The molecule has 0 aromatic rings. The average molecular weight is 211 g/mol. The minimum absolute atomic E-state index is 0.0359. The summed E-state index contributed by atoms with van der Waals surface area (Å²) in [6.45, 7) is 2.04. The molecule has 2 fully saturated rings. The third-order valence-electron chi connectivity index (χ3n) is 3.36. The fourth-order valence-corrected chi connectivity index (χ4v) is 2.45. The average Bonchev–Trinajstić information content (AvgIpc) is 2.71. The molecule has 0 spiro atoms. The zero-order chi connectivity index (χ0) is 10.5. The maximum Gasteiger partial charge on any atom is 0.315 e. The fourth-order valence-electron chi connectivity index (χ4n) is 2.45. The molecule has 2 rings (SSSR count). The van der Waals surface area contributed by atoms with Crippen molar-refractivity contribution < 1.29 is 4.79 Å². The Hall–Kier alpha value is -0.770. The van der Waals surface area contributed by atoms with Crippen LogP contribution in [0.3, 0.4) is 0 Å². The van der Waals surface area contributed by atoms with Gasteiger partial charge < -0.3 is 16.0 Å². The minimum atomic E-state index is 0.0359. The van der Waals surface area contributed by atoms with Crippen molar-refractivity contribution in [3.05, 3.63) is 0 Å². The largest absolute Gasteiger partial charge is 0.335 e. The standard InChI is InChI=1S/C11H21N3O/c15-11(13-9-3-1-2-4-9)14-10-5-7-12-8-6-10/h9-10,12H,1-8H2,(H2,13,14,15). The number of carbonyl (C=O) groups is 1. The number of nitrogens with one attached hydrogen (secondary N) is 3. The maximum atomic E-state index is 11.6. The summed E-state index contributed by atoms with van der Waals surface area (Å²) in [7, 11) is 0. The Morgan fingerprint density at radius 1 is 0.933 bits per heavy atom. The molecule has 0 bridgehead atoms. The molecule has 3 N–H and O–H groups in total. The van der Waals surface area contributed by atoms with E-state index in [-0.39, 0.29) is 6.03 Å². The first-order valence-corrected chi connectivity index (χ1v) is 6.12. The zero-order valence-corrected chi connectivity index (χ0v) is 9.22. The van der Waals surface area contributed by atoms with Crippen LogP contribution in [-0.4, -0.2) is 31.2 Å². The van der Waals surface area contributed by atoms with Gasteiger partial charge in [-0.2, -0.15) is 0 Å². The third kappa shape index (κ3) is 3.38. The molecule has 1 aliphatic carbocycles. The van der Waals surface area contributed by atoms with Crippen LogP contribution in [0.4, 0.5) is 4.79 Å². The first kappa shape index (κ1) is 10.7. The highest BCUT2D eigenvalue weighted by atomic mass is 16.2. The molecule has 1 aliphatic heterocycles. The summed E-state index contributed by atoms with van der Waals surface area (Å²) < 4.78 is 0. The summed E-state index contributed by atoms with van der Waals surface area (Å²) in [5, 5.41) is 9.40. The van der Waals surface area contributed by atoms with E-state index in [0.717, 1.165) is 38.8 Å². The second kappa shape index (κ2) is 5.35. The monoisotopic (exact) mass is 211 g/mol. The van der Waals surface area contributed by atoms with Gasteiger partial charge in [-0.15, -0.1) is 0 Å². The van der Waals surface area contributed by atoms with Crippen LogP contribution >= 0.6 is 0 Å². The van der Waals surface area contributed by atoms with Gasteiger partial charge in [0, 0.05) is 12.1 Å². The fraction of sp³-hybridized carbons (Fsp3) is 0.909. The molecule has 0 radical (unpaired) electrons. The van der Waals surface area contributed by atoms with Crippen molar-refractivity contribution in [2.75, 3.05) is 13.1 Å². The predicted molar refractivity (Wildman–Crippen MR) is 59.8 cm³/mol. The van der Waals surface area contributed by atoms with E-state index < -0.39 is 0 Å². The van der Waals surface area contributed by atoms with Gasteiger partial charge in [0.25, 0.3) is 0 Å². The van der Waals surface area contributed by atoms with Gasteiger partial charge in [-0.05, 0) is 38.8 Å². The molecule has 86 valence electrons. The Morgan fingerprint density at radius 3 is 2.07 bits per heavy atom. The predicted octanol–water partition coefficient (Wildman–Crippen LogP) is 0.980. The molecule has 2 amide bonds. The molecule has 0 atom stereocenters. The van der Waals surface area contributed by atoms with Gasteiger partial charge in [-0.25, -0.2) is 4.79 Å². The Morgan fingerprint density at radius 2 is 1.47 bits per heavy atom. The Bertz CT molecular complexity index is 208. The summed E-state index contributed by atoms with van der Waals surface area (Å²) in [5.74, 6) is 0. The van der Waals surface area contributed by atoms with Crippen LogP contribution in [0.25, 0.3) is 0 Å². The molecule has 2 aliphatic rings. The zero-order valence-electron chi connectivity index (χ0n) is 9.22. The van der Waals surface area contributed by atoms with Gasteiger partial charge >= 0.3 is 6.03 Å². The molecular formula is C11H21N3O. The van der Waals surface area contributed by atoms with Crippen LogP contribution in [0.2, 0.25) is 0 Å². The van der Waals surface area contributed by atoms with Gasteiger partial charge in [0.15, 0.2) is 0 Å². The number of hydrogen-bond donors (Lipinski definition) is 3. The Balaban J connectivity index is 1.66. The lowest BCUT2D eigenvalue weighted by Gasteiger charge is -2.24. The summed E-state index contributed by atoms with van der Waals surface area (Å²) in [4.78, 5) is 11.6. The maximum absolute atomic E-state index is 11.6. The van der Waals surface area contributed by atoms with Gasteiger partial charge in [-0.1, -0.05) is 12.8 Å². The molecule has 0 unspecified atom stereocenters. The van der Waals surface area contributed by atoms with Gasteiger partial charge in [0.05, 0.1) is 0 Å². The topological polar surface area (TPSA) is 53.2 Å². The summed E-state index contributed by atoms with van der Waals surface area (Å²) >= 11 is 0. The SMILES string of the molecule is O=C(NC1CCCC1)NC1CCNCC1. The molecule has 0 aromatic heterocycles. The number of urea groups is 1. The molecular weight excluding hydrogens is 190 g/mol. The normalized spacial score (nSPS) is 24.0. The number of piperidine rings is 1. The van der Waals surface area contributed by atoms with Crippen LogP contribution in [0.5, 0.6) is 0 Å². The molecule has 1 saturated carbocycles. The lowest BCUT2D eigenvalue weighted by Crippen LogP contribution is -2.48. The second-order valence-corrected chi connectivity index (χ2v) is 4.62. The lowest BCUT2D eigenvalue weighted by atomic mass is 10.1. The van der Waals surface area contributed by atoms with E-state index in [4.69, 9.17) is 0 Å². The molecule has 15 heavy (non-hydrogen) atoms. The van der Waals surface area contributed by atoms with Crippen LogP contribution in [0.1, 0.15) is 38.5 Å². The van der Waals surface area contributed by atoms with Crippen molar-refractivity contribution in [2.24, 2.45) is 0 Å². The highest BCUT2D eigenvalue weighted by Gasteiger charge is 2.19. The number of carbonyl (C=O) groups excluding carboxylic acids is 1. The molecule has 4 heteroatoms. The van der Waals surface area contributed by atoms with Gasteiger partial charge in [0.1, 0.15) is 0 Å². The van der Waals surface area contributed by atoms with E-state index >= 15 is 0 Å². The van der Waals surface area contributed by atoms with E-state index in [0.29, 0.717) is 12.1 Å². The van der Waals surface area contributed by atoms with Crippen LogP contribution in [-0.2, 0) is 0 Å².